The lowest BCUT2D eigenvalue weighted by molar-refractivity contribution is -0.122. The van der Waals surface area contributed by atoms with Gasteiger partial charge in [0, 0.05) is 18.6 Å². The van der Waals surface area contributed by atoms with E-state index >= 15 is 0 Å². The van der Waals surface area contributed by atoms with Crippen LogP contribution in [0.15, 0.2) is 78.9 Å². The third kappa shape index (κ3) is 4.89. The van der Waals surface area contributed by atoms with Crippen LogP contribution in [0.1, 0.15) is 37.8 Å². The highest BCUT2D eigenvalue weighted by molar-refractivity contribution is 5.90. The topological polar surface area (TPSA) is 64.8 Å². The molecule has 1 aliphatic heterocycles. The van der Waals surface area contributed by atoms with Crippen molar-refractivity contribution in [1.29, 1.82) is 0 Å². The number of rotatable bonds is 10. The van der Waals surface area contributed by atoms with E-state index < -0.39 is 11.2 Å². The fraction of sp³-hybridized carbons (Fsp3) is 0.345. The van der Waals surface area contributed by atoms with Crippen molar-refractivity contribution in [1.82, 2.24) is 4.90 Å². The number of likely N-dealkylation sites (tertiary alicyclic amines) is 1. The van der Waals surface area contributed by atoms with Crippen molar-refractivity contribution in [2.75, 3.05) is 20.2 Å². The molecule has 0 spiro atoms. The normalized spacial score (nSPS) is 14.9. The molecule has 0 aromatic heterocycles. The van der Waals surface area contributed by atoms with Crippen molar-refractivity contribution in [2.24, 2.45) is 5.73 Å². The third-order valence-corrected chi connectivity index (χ3v) is 7.21. The summed E-state index contributed by atoms with van der Waals surface area (Å²) in [5.41, 5.74) is 6.77. The molecule has 2 N–H and O–H groups in total. The second-order valence-corrected chi connectivity index (χ2v) is 9.73. The van der Waals surface area contributed by atoms with Gasteiger partial charge in [0.15, 0.2) is 11.5 Å². The lowest BCUT2D eigenvalue weighted by atomic mass is 9.69. The number of nitrogens with zero attached hydrogens (tertiary/aromatic N) is 1. The molecule has 1 aliphatic rings. The lowest BCUT2D eigenvalue weighted by Gasteiger charge is -2.49. The van der Waals surface area contributed by atoms with E-state index in [1.165, 1.54) is 7.11 Å². The molecule has 5 nitrogen and oxygen atoms in total. The Morgan fingerprint density at radius 2 is 1.46 bits per heavy atom. The zero-order chi connectivity index (χ0) is 25.1. The van der Waals surface area contributed by atoms with Gasteiger partial charge in [-0.25, -0.2) is 0 Å². The van der Waals surface area contributed by atoms with Crippen LogP contribution >= 0.6 is 0 Å². The van der Waals surface area contributed by atoms with Crippen LogP contribution in [-0.4, -0.2) is 42.6 Å². The second-order valence-electron chi connectivity index (χ2n) is 9.73. The van der Waals surface area contributed by atoms with Gasteiger partial charge in [-0.2, -0.15) is 4.39 Å². The molecule has 4 rings (SSSR count). The molecule has 35 heavy (non-hydrogen) atoms. The van der Waals surface area contributed by atoms with E-state index in [0.717, 1.165) is 17.5 Å². The zero-order valence-electron chi connectivity index (χ0n) is 20.5. The zero-order valence-corrected chi connectivity index (χ0v) is 20.5. The molecule has 1 fully saturated rings. The highest BCUT2D eigenvalue weighted by Crippen LogP contribution is 2.40. The van der Waals surface area contributed by atoms with Gasteiger partial charge in [-0.05, 0) is 49.9 Å². The highest BCUT2D eigenvalue weighted by Gasteiger charge is 2.44. The van der Waals surface area contributed by atoms with Crippen LogP contribution < -0.4 is 15.2 Å². The fourth-order valence-electron chi connectivity index (χ4n) is 4.89. The number of ether oxygens (including phenoxy) is 2. The van der Waals surface area contributed by atoms with E-state index in [4.69, 9.17) is 15.2 Å². The summed E-state index contributed by atoms with van der Waals surface area (Å²) >= 11 is 0. The number of halogens is 1. The number of primary amides is 1. The van der Waals surface area contributed by atoms with Crippen molar-refractivity contribution in [3.8, 4) is 11.5 Å². The Kier molecular flexibility index (Phi) is 7.13. The summed E-state index contributed by atoms with van der Waals surface area (Å²) < 4.78 is 25.4. The van der Waals surface area contributed by atoms with Crippen LogP contribution in [0.25, 0.3) is 0 Å². The van der Waals surface area contributed by atoms with Gasteiger partial charge in [0.1, 0.15) is 6.10 Å². The average molecular weight is 477 g/mol. The van der Waals surface area contributed by atoms with Crippen LogP contribution in [0.4, 0.5) is 4.39 Å². The molecule has 3 aromatic carbocycles. The van der Waals surface area contributed by atoms with Crippen LogP contribution in [0.3, 0.4) is 0 Å². The Bertz CT molecular complexity index is 1110. The van der Waals surface area contributed by atoms with Crippen molar-refractivity contribution in [3.05, 3.63) is 95.8 Å². The number of nitrogens with two attached hydrogens (primary N) is 1. The van der Waals surface area contributed by atoms with E-state index in [9.17, 15) is 9.18 Å². The van der Waals surface area contributed by atoms with Gasteiger partial charge in [0.2, 0.25) is 11.7 Å². The van der Waals surface area contributed by atoms with Crippen molar-refractivity contribution in [2.45, 2.75) is 43.7 Å². The van der Waals surface area contributed by atoms with Crippen LogP contribution in [0, 0.1) is 5.82 Å². The second kappa shape index (κ2) is 10.1. The Morgan fingerprint density at radius 1 is 0.914 bits per heavy atom. The Labute approximate surface area is 206 Å². The van der Waals surface area contributed by atoms with Gasteiger partial charge in [-0.1, -0.05) is 66.7 Å². The summed E-state index contributed by atoms with van der Waals surface area (Å²) in [6.45, 7) is 5.67. The van der Waals surface area contributed by atoms with E-state index in [0.29, 0.717) is 19.5 Å². The number of carbonyl (C=O) groups excluding carboxylic acids is 1. The molecule has 0 aliphatic carbocycles. The van der Waals surface area contributed by atoms with Gasteiger partial charge < -0.3 is 15.2 Å². The minimum Gasteiger partial charge on any atom is -0.494 e. The monoisotopic (exact) mass is 476 g/mol. The first-order valence-electron chi connectivity index (χ1n) is 11.9. The van der Waals surface area contributed by atoms with Crippen molar-refractivity contribution >= 4 is 5.91 Å². The maximum atomic E-state index is 14.5. The number of amides is 1. The van der Waals surface area contributed by atoms with Gasteiger partial charge in [0.25, 0.3) is 0 Å². The highest BCUT2D eigenvalue weighted by atomic mass is 19.1. The Hall–Kier alpha value is -3.38. The Morgan fingerprint density at radius 3 is 1.97 bits per heavy atom. The predicted octanol–water partition coefficient (Wildman–Crippen LogP) is 4.93. The molecule has 1 heterocycles. The predicted molar refractivity (Wildman–Crippen MR) is 135 cm³/mol. The molecule has 0 unspecified atom stereocenters. The van der Waals surface area contributed by atoms with Crippen LogP contribution in [0.2, 0.25) is 0 Å². The number of carbonyl (C=O) groups is 1. The van der Waals surface area contributed by atoms with Crippen LogP contribution in [0.5, 0.6) is 11.5 Å². The molecule has 3 aromatic rings. The molecular weight excluding hydrogens is 443 g/mol. The molecule has 184 valence electrons. The summed E-state index contributed by atoms with van der Waals surface area (Å²) in [4.78, 5) is 15.4. The SMILES string of the molecule is COc1cccc(OC2CN(C(C)(C)CCC(C(N)=O)(c3ccccc3)c3ccccc3)C2)c1F. The summed E-state index contributed by atoms with van der Waals surface area (Å²) in [5.74, 6) is -0.468. The van der Waals surface area contributed by atoms with Crippen molar-refractivity contribution < 1.29 is 18.7 Å². The summed E-state index contributed by atoms with van der Waals surface area (Å²) in [7, 11) is 1.44. The van der Waals surface area contributed by atoms with Gasteiger partial charge in [0.05, 0.1) is 12.5 Å². The standard InChI is InChI=1S/C29H33FN2O3/c1-28(2,32-19-23(20-32)35-25-16-10-15-24(34-3)26(25)30)17-18-29(27(31)33,21-11-6-4-7-12-21)22-13-8-5-9-14-22/h4-16,23H,17-20H2,1-3H3,(H2,31,33). The molecule has 0 atom stereocenters. The van der Waals surface area contributed by atoms with Crippen molar-refractivity contribution in [3.63, 3.8) is 0 Å². The lowest BCUT2D eigenvalue weighted by Crippen LogP contribution is -2.62. The molecule has 1 saturated heterocycles. The summed E-state index contributed by atoms with van der Waals surface area (Å²) in [6, 6.07) is 24.4. The first-order chi connectivity index (χ1) is 16.8. The molecular formula is C29H33FN2O3. The van der Waals surface area contributed by atoms with Gasteiger partial charge in [-0.15, -0.1) is 0 Å². The first-order valence-corrected chi connectivity index (χ1v) is 11.9. The maximum absolute atomic E-state index is 14.5. The minimum atomic E-state index is -0.926. The largest absolute Gasteiger partial charge is 0.494 e. The first kappa shape index (κ1) is 24.7. The average Bonchev–Trinajstić information content (AvgIpc) is 2.83. The van der Waals surface area contributed by atoms with E-state index in [-0.39, 0.29) is 29.0 Å². The summed E-state index contributed by atoms with van der Waals surface area (Å²) in [6.07, 6.45) is 1.19. The fourth-order valence-corrected chi connectivity index (χ4v) is 4.89. The molecule has 6 heteroatoms. The van der Waals surface area contributed by atoms with E-state index in [2.05, 4.69) is 18.7 Å². The third-order valence-electron chi connectivity index (χ3n) is 7.21. The quantitative estimate of drug-likeness (QED) is 0.451. The van der Waals surface area contributed by atoms with Crippen LogP contribution in [-0.2, 0) is 10.2 Å². The number of methoxy groups -OCH3 is 1. The molecule has 1 amide bonds. The summed E-state index contributed by atoms with van der Waals surface area (Å²) in [5, 5.41) is 0. The van der Waals surface area contributed by atoms with Gasteiger partial charge >= 0.3 is 0 Å². The molecule has 0 saturated carbocycles. The van der Waals surface area contributed by atoms with E-state index in [1.54, 1.807) is 18.2 Å². The number of hydrogen-bond acceptors (Lipinski definition) is 4. The smallest absolute Gasteiger partial charge is 0.232 e. The number of hydrogen-bond donors (Lipinski definition) is 1. The molecule has 0 bridgehead atoms. The molecule has 0 radical (unpaired) electrons. The van der Waals surface area contributed by atoms with Gasteiger partial charge in [-0.3, -0.25) is 9.69 Å². The maximum Gasteiger partial charge on any atom is 0.232 e. The minimum absolute atomic E-state index is 0.111. The Balaban J connectivity index is 1.48. The number of benzene rings is 3. The van der Waals surface area contributed by atoms with E-state index in [1.807, 2.05) is 60.7 Å².